The first kappa shape index (κ1) is 12.3. The van der Waals surface area contributed by atoms with E-state index < -0.39 is 0 Å². The van der Waals surface area contributed by atoms with Crippen molar-refractivity contribution in [2.45, 2.75) is 20.8 Å². The summed E-state index contributed by atoms with van der Waals surface area (Å²) in [5.74, 6) is 0.367. The fourth-order valence-electron chi connectivity index (χ4n) is 1.81. The van der Waals surface area contributed by atoms with Gasteiger partial charge in [-0.25, -0.2) is 0 Å². The van der Waals surface area contributed by atoms with Crippen LogP contribution < -0.4 is 0 Å². The van der Waals surface area contributed by atoms with Crippen molar-refractivity contribution >= 4 is 11.9 Å². The number of pyridine rings is 1. The first-order valence-corrected chi connectivity index (χ1v) is 5.83. The molecule has 1 aromatic heterocycles. The first-order chi connectivity index (χ1) is 8.59. The molecule has 0 spiro atoms. The number of phenolic OH excluding ortho intramolecular Hbond substituents is 1. The SMILES string of the molecule is Cc1cc(C=Nc2cccnc2)c(C)c(C)c1O. The van der Waals surface area contributed by atoms with Crippen molar-refractivity contribution in [1.29, 1.82) is 0 Å². The fraction of sp³-hybridized carbons (Fsp3) is 0.200. The Kier molecular flexibility index (Phi) is 3.42. The molecule has 1 heterocycles. The molecule has 0 unspecified atom stereocenters. The molecule has 0 fully saturated rings. The van der Waals surface area contributed by atoms with E-state index in [2.05, 4.69) is 9.98 Å². The fourth-order valence-corrected chi connectivity index (χ4v) is 1.81. The van der Waals surface area contributed by atoms with Gasteiger partial charge in [-0.2, -0.15) is 0 Å². The third-order valence-corrected chi connectivity index (χ3v) is 3.09. The minimum atomic E-state index is 0.367. The number of phenols is 1. The Balaban J connectivity index is 2.39. The highest BCUT2D eigenvalue weighted by Crippen LogP contribution is 2.26. The Bertz CT molecular complexity index is 589. The molecule has 0 saturated heterocycles. The van der Waals surface area contributed by atoms with Crippen LogP contribution in [0.1, 0.15) is 22.3 Å². The molecule has 2 aromatic rings. The summed E-state index contributed by atoms with van der Waals surface area (Å²) in [4.78, 5) is 8.39. The third kappa shape index (κ3) is 2.40. The maximum absolute atomic E-state index is 9.84. The standard InChI is InChI=1S/C15H16N2O/c1-10-7-13(11(2)12(3)15(10)18)8-17-14-5-4-6-16-9-14/h4-9,18H,1-3H3. The number of rotatable bonds is 2. The van der Waals surface area contributed by atoms with Crippen LogP contribution >= 0.6 is 0 Å². The summed E-state index contributed by atoms with van der Waals surface area (Å²) in [6.45, 7) is 5.79. The molecule has 1 N–H and O–H groups in total. The maximum atomic E-state index is 9.84. The molecule has 0 atom stereocenters. The number of hydrogen-bond acceptors (Lipinski definition) is 3. The van der Waals surface area contributed by atoms with Crippen LogP contribution in [0, 0.1) is 20.8 Å². The van der Waals surface area contributed by atoms with E-state index in [0.717, 1.165) is 27.9 Å². The number of aromatic hydroxyl groups is 1. The molecule has 2 rings (SSSR count). The summed E-state index contributed by atoms with van der Waals surface area (Å²) in [6.07, 6.45) is 5.25. The van der Waals surface area contributed by atoms with Crippen LogP contribution in [0.4, 0.5) is 5.69 Å². The molecule has 3 nitrogen and oxygen atoms in total. The van der Waals surface area contributed by atoms with Gasteiger partial charge in [0.15, 0.2) is 0 Å². The molecule has 0 aliphatic carbocycles. The predicted molar refractivity (Wildman–Crippen MR) is 73.8 cm³/mol. The summed E-state index contributed by atoms with van der Waals surface area (Å²) >= 11 is 0. The van der Waals surface area contributed by atoms with E-state index in [4.69, 9.17) is 0 Å². The van der Waals surface area contributed by atoms with Crippen molar-refractivity contribution in [2.24, 2.45) is 4.99 Å². The van der Waals surface area contributed by atoms with Gasteiger partial charge in [-0.3, -0.25) is 9.98 Å². The zero-order chi connectivity index (χ0) is 13.1. The summed E-state index contributed by atoms with van der Waals surface area (Å²) in [6, 6.07) is 5.70. The topological polar surface area (TPSA) is 45.5 Å². The molecule has 0 aliphatic heterocycles. The highest BCUT2D eigenvalue weighted by Gasteiger charge is 2.07. The highest BCUT2D eigenvalue weighted by atomic mass is 16.3. The van der Waals surface area contributed by atoms with Crippen LogP contribution in [0.15, 0.2) is 35.6 Å². The molecular formula is C15H16N2O. The largest absolute Gasteiger partial charge is 0.507 e. The molecule has 0 amide bonds. The number of aromatic nitrogens is 1. The third-order valence-electron chi connectivity index (χ3n) is 3.09. The Hall–Kier alpha value is -2.16. The minimum Gasteiger partial charge on any atom is -0.507 e. The molecule has 1 aromatic carbocycles. The number of aliphatic imine (C=N–C) groups is 1. The molecule has 0 aliphatic rings. The van der Waals surface area contributed by atoms with Gasteiger partial charge >= 0.3 is 0 Å². The van der Waals surface area contributed by atoms with Gasteiger partial charge in [0.1, 0.15) is 5.75 Å². The van der Waals surface area contributed by atoms with Crippen molar-refractivity contribution in [1.82, 2.24) is 4.98 Å². The van der Waals surface area contributed by atoms with Crippen LogP contribution in [-0.2, 0) is 0 Å². The summed E-state index contributed by atoms with van der Waals surface area (Å²) < 4.78 is 0. The van der Waals surface area contributed by atoms with Crippen LogP contribution in [0.2, 0.25) is 0 Å². The van der Waals surface area contributed by atoms with Crippen LogP contribution in [0.25, 0.3) is 0 Å². The summed E-state index contributed by atoms with van der Waals surface area (Å²) in [5, 5.41) is 9.84. The van der Waals surface area contributed by atoms with Crippen LogP contribution in [0.5, 0.6) is 5.75 Å². The Morgan fingerprint density at radius 3 is 2.67 bits per heavy atom. The van der Waals surface area contributed by atoms with E-state index in [1.807, 2.05) is 45.2 Å². The molecular weight excluding hydrogens is 224 g/mol. The first-order valence-electron chi connectivity index (χ1n) is 5.83. The molecule has 0 bridgehead atoms. The highest BCUT2D eigenvalue weighted by molar-refractivity contribution is 5.85. The molecule has 0 saturated carbocycles. The number of hydrogen-bond donors (Lipinski definition) is 1. The van der Waals surface area contributed by atoms with Gasteiger partial charge in [0.05, 0.1) is 11.9 Å². The molecule has 0 radical (unpaired) electrons. The molecule has 18 heavy (non-hydrogen) atoms. The average Bonchev–Trinajstić information content (AvgIpc) is 2.40. The van der Waals surface area contributed by atoms with E-state index in [0.29, 0.717) is 5.75 Å². The Morgan fingerprint density at radius 2 is 2.00 bits per heavy atom. The second-order valence-corrected chi connectivity index (χ2v) is 4.35. The lowest BCUT2D eigenvalue weighted by molar-refractivity contribution is 0.466. The van der Waals surface area contributed by atoms with E-state index in [1.54, 1.807) is 12.4 Å². The minimum absolute atomic E-state index is 0.367. The van der Waals surface area contributed by atoms with Crippen molar-refractivity contribution in [3.8, 4) is 5.75 Å². The van der Waals surface area contributed by atoms with Gasteiger partial charge in [0, 0.05) is 12.4 Å². The van der Waals surface area contributed by atoms with E-state index in [9.17, 15) is 5.11 Å². The zero-order valence-corrected chi connectivity index (χ0v) is 10.8. The summed E-state index contributed by atoms with van der Waals surface area (Å²) in [5.41, 5.74) is 4.66. The maximum Gasteiger partial charge on any atom is 0.121 e. The molecule has 3 heteroatoms. The van der Waals surface area contributed by atoms with E-state index >= 15 is 0 Å². The van der Waals surface area contributed by atoms with Gasteiger partial charge in [-0.1, -0.05) is 0 Å². The Morgan fingerprint density at radius 1 is 1.22 bits per heavy atom. The van der Waals surface area contributed by atoms with Crippen LogP contribution in [0.3, 0.4) is 0 Å². The normalized spacial score (nSPS) is 11.1. The lowest BCUT2D eigenvalue weighted by atomic mass is 9.99. The van der Waals surface area contributed by atoms with Crippen LogP contribution in [-0.4, -0.2) is 16.3 Å². The zero-order valence-electron chi connectivity index (χ0n) is 10.8. The van der Waals surface area contributed by atoms with Gasteiger partial charge in [-0.15, -0.1) is 0 Å². The monoisotopic (exact) mass is 240 g/mol. The summed E-state index contributed by atoms with van der Waals surface area (Å²) in [7, 11) is 0. The van der Waals surface area contributed by atoms with Gasteiger partial charge < -0.3 is 5.11 Å². The van der Waals surface area contributed by atoms with Crippen molar-refractivity contribution in [3.63, 3.8) is 0 Å². The lowest BCUT2D eigenvalue weighted by Crippen LogP contribution is -1.93. The molecule has 92 valence electrons. The number of benzene rings is 1. The lowest BCUT2D eigenvalue weighted by Gasteiger charge is -2.09. The Labute approximate surface area is 107 Å². The smallest absolute Gasteiger partial charge is 0.121 e. The van der Waals surface area contributed by atoms with E-state index in [-0.39, 0.29) is 0 Å². The number of aryl methyl sites for hydroxylation is 1. The van der Waals surface area contributed by atoms with Crippen molar-refractivity contribution < 1.29 is 5.11 Å². The predicted octanol–water partition coefficient (Wildman–Crippen LogP) is 3.46. The second kappa shape index (κ2) is 5.00. The van der Waals surface area contributed by atoms with Crippen molar-refractivity contribution in [2.75, 3.05) is 0 Å². The number of nitrogens with zero attached hydrogens (tertiary/aromatic N) is 2. The van der Waals surface area contributed by atoms with Gasteiger partial charge in [0.2, 0.25) is 0 Å². The quantitative estimate of drug-likeness (QED) is 0.817. The van der Waals surface area contributed by atoms with Crippen molar-refractivity contribution in [3.05, 3.63) is 52.8 Å². The van der Waals surface area contributed by atoms with Gasteiger partial charge in [-0.05, 0) is 61.2 Å². The van der Waals surface area contributed by atoms with E-state index in [1.165, 1.54) is 0 Å². The van der Waals surface area contributed by atoms with Gasteiger partial charge in [0.25, 0.3) is 0 Å². The second-order valence-electron chi connectivity index (χ2n) is 4.35. The average molecular weight is 240 g/mol.